The van der Waals surface area contributed by atoms with E-state index in [2.05, 4.69) is 9.73 Å². The lowest BCUT2D eigenvalue weighted by atomic mass is 9.84. The first kappa shape index (κ1) is 24.4. The zero-order chi connectivity index (χ0) is 23.4. The average Bonchev–Trinajstić information content (AvgIpc) is 2.70. The smallest absolute Gasteiger partial charge is 0.425 e. The normalized spacial score (nSPS) is 14.0. The summed E-state index contributed by atoms with van der Waals surface area (Å²) in [5.41, 5.74) is -4.15. The summed E-state index contributed by atoms with van der Waals surface area (Å²) in [5.74, 6) is -0.786. The van der Waals surface area contributed by atoms with E-state index in [1.807, 2.05) is 6.92 Å². The van der Waals surface area contributed by atoms with Gasteiger partial charge < -0.3 is 19.5 Å². The van der Waals surface area contributed by atoms with E-state index in [4.69, 9.17) is 4.74 Å². The van der Waals surface area contributed by atoms with Crippen LogP contribution < -0.4 is 9.47 Å². The molecule has 0 aliphatic carbocycles. The largest absolute Gasteiger partial charge is 0.496 e. The third-order valence-corrected chi connectivity index (χ3v) is 4.69. The first-order chi connectivity index (χ1) is 14.4. The Labute approximate surface area is 176 Å². The Balaban J connectivity index is 2.69. The molecule has 0 heterocycles. The lowest BCUT2D eigenvalue weighted by Gasteiger charge is -2.33. The van der Waals surface area contributed by atoms with Crippen LogP contribution in [0.4, 0.5) is 27.6 Å². The van der Waals surface area contributed by atoms with Crippen molar-refractivity contribution in [3.05, 3.63) is 53.1 Å². The van der Waals surface area contributed by atoms with Gasteiger partial charge in [-0.2, -0.15) is 22.0 Å². The van der Waals surface area contributed by atoms with Gasteiger partial charge in [-0.3, -0.25) is 0 Å². The summed E-state index contributed by atoms with van der Waals surface area (Å²) in [4.78, 5) is 6.01. The first-order valence-electron chi connectivity index (χ1n) is 9.22. The van der Waals surface area contributed by atoms with Crippen LogP contribution >= 0.6 is 0 Å². The van der Waals surface area contributed by atoms with Crippen molar-refractivity contribution >= 4 is 12.0 Å². The Morgan fingerprint density at radius 1 is 1.19 bits per heavy atom. The predicted molar refractivity (Wildman–Crippen MR) is 106 cm³/mol. The maximum absolute atomic E-state index is 14.2. The van der Waals surface area contributed by atoms with Crippen LogP contribution in [0, 0.1) is 6.92 Å². The Hall–Kier alpha value is -2.88. The van der Waals surface area contributed by atoms with Crippen molar-refractivity contribution in [1.82, 2.24) is 4.90 Å². The molecule has 0 radical (unpaired) electrons. The van der Waals surface area contributed by atoms with Crippen molar-refractivity contribution < 1.29 is 36.5 Å². The first-order valence-corrected chi connectivity index (χ1v) is 9.22. The van der Waals surface area contributed by atoms with Crippen molar-refractivity contribution in [3.8, 4) is 11.5 Å². The Bertz CT molecular complexity index is 934. The molecule has 0 spiro atoms. The molecule has 2 rings (SSSR count). The quantitative estimate of drug-likeness (QED) is 0.352. The zero-order valence-electron chi connectivity index (χ0n) is 17.4. The van der Waals surface area contributed by atoms with E-state index in [-0.39, 0.29) is 5.75 Å². The van der Waals surface area contributed by atoms with Crippen molar-refractivity contribution in [1.29, 1.82) is 0 Å². The van der Waals surface area contributed by atoms with Gasteiger partial charge in [0, 0.05) is 30.8 Å². The highest BCUT2D eigenvalue weighted by Gasteiger charge is 2.58. The van der Waals surface area contributed by atoms with Gasteiger partial charge in [-0.1, -0.05) is 12.1 Å². The molecule has 10 heteroatoms. The number of hydrogen-bond acceptors (Lipinski definition) is 4. The number of rotatable bonds is 8. The summed E-state index contributed by atoms with van der Waals surface area (Å²) in [6, 6.07) is 6.24. The molecule has 5 nitrogen and oxygen atoms in total. The summed E-state index contributed by atoms with van der Waals surface area (Å²) in [6.45, 7) is 0.874. The fourth-order valence-electron chi connectivity index (χ4n) is 2.88. The van der Waals surface area contributed by atoms with Gasteiger partial charge >= 0.3 is 12.8 Å². The standard InChI is InChI=1S/C21H23F5N2O3/c1-5-28(3)12-27-17-11-18(30-4)16(9-13(17)2)20(29,21(24,25)26)14-7-6-8-15(10-14)31-19(22)23/h6-12,19,29H,5H2,1-4H3. The minimum Gasteiger partial charge on any atom is -0.496 e. The summed E-state index contributed by atoms with van der Waals surface area (Å²) in [6.07, 6.45) is -3.69. The van der Waals surface area contributed by atoms with Crippen LogP contribution in [0.15, 0.2) is 41.4 Å². The molecule has 0 amide bonds. The molecular weight excluding hydrogens is 423 g/mol. The van der Waals surface area contributed by atoms with Gasteiger partial charge in [0.1, 0.15) is 11.5 Å². The van der Waals surface area contributed by atoms with Crippen LogP contribution in [0.1, 0.15) is 23.6 Å². The van der Waals surface area contributed by atoms with Crippen molar-refractivity contribution in [3.63, 3.8) is 0 Å². The summed E-state index contributed by atoms with van der Waals surface area (Å²) < 4.78 is 77.0. The number of alkyl halides is 5. The molecule has 2 aromatic rings. The highest BCUT2D eigenvalue weighted by molar-refractivity contribution is 5.66. The van der Waals surface area contributed by atoms with E-state index >= 15 is 0 Å². The second kappa shape index (κ2) is 9.51. The number of aliphatic hydroxyl groups is 1. The molecule has 1 N–H and O–H groups in total. The second-order valence-corrected chi connectivity index (χ2v) is 6.77. The molecule has 1 atom stereocenters. The fourth-order valence-corrected chi connectivity index (χ4v) is 2.88. The average molecular weight is 446 g/mol. The number of benzene rings is 2. The lowest BCUT2D eigenvalue weighted by molar-refractivity contribution is -0.248. The van der Waals surface area contributed by atoms with Crippen LogP contribution in [0.5, 0.6) is 11.5 Å². The van der Waals surface area contributed by atoms with Gasteiger partial charge in [0.05, 0.1) is 19.1 Å². The minimum atomic E-state index is -5.20. The molecule has 0 fully saturated rings. The third kappa shape index (κ3) is 5.25. The number of halogens is 5. The lowest BCUT2D eigenvalue weighted by Crippen LogP contribution is -2.43. The monoisotopic (exact) mass is 446 g/mol. The van der Waals surface area contributed by atoms with E-state index in [1.54, 1.807) is 11.9 Å². The van der Waals surface area contributed by atoms with Gasteiger partial charge in [0.2, 0.25) is 5.60 Å². The second-order valence-electron chi connectivity index (χ2n) is 6.77. The molecule has 2 aromatic carbocycles. The maximum atomic E-state index is 14.2. The molecule has 0 aromatic heterocycles. The van der Waals surface area contributed by atoms with E-state index in [0.717, 1.165) is 37.4 Å². The van der Waals surface area contributed by atoms with Crippen LogP contribution in [0.25, 0.3) is 0 Å². The summed E-state index contributed by atoms with van der Waals surface area (Å²) in [7, 11) is 2.94. The third-order valence-electron chi connectivity index (χ3n) is 4.69. The molecule has 1 unspecified atom stereocenters. The molecule has 0 saturated carbocycles. The Morgan fingerprint density at radius 3 is 2.42 bits per heavy atom. The zero-order valence-corrected chi connectivity index (χ0v) is 17.4. The van der Waals surface area contributed by atoms with E-state index in [0.29, 0.717) is 17.8 Å². The van der Waals surface area contributed by atoms with Gasteiger partial charge in [0.15, 0.2) is 0 Å². The molecule has 31 heavy (non-hydrogen) atoms. The predicted octanol–water partition coefficient (Wildman–Crippen LogP) is 5.01. The fraction of sp³-hybridized carbons (Fsp3) is 0.381. The van der Waals surface area contributed by atoms with Crippen LogP contribution in [0.2, 0.25) is 0 Å². The molecular formula is C21H23F5N2O3. The van der Waals surface area contributed by atoms with E-state index in [9.17, 15) is 27.1 Å². The summed E-state index contributed by atoms with van der Waals surface area (Å²) >= 11 is 0. The number of methoxy groups -OCH3 is 1. The number of aliphatic imine (C=N–C) groups is 1. The molecule has 0 saturated heterocycles. The van der Waals surface area contributed by atoms with E-state index in [1.165, 1.54) is 19.3 Å². The van der Waals surface area contributed by atoms with Crippen LogP contribution in [-0.4, -0.2) is 49.8 Å². The van der Waals surface area contributed by atoms with Gasteiger partial charge in [-0.15, -0.1) is 0 Å². The molecule has 0 aliphatic rings. The topological polar surface area (TPSA) is 54.3 Å². The number of nitrogens with zero attached hydrogens (tertiary/aromatic N) is 2. The summed E-state index contributed by atoms with van der Waals surface area (Å²) in [5, 5.41) is 10.9. The SMILES string of the molecule is CCN(C)C=Nc1cc(OC)c(C(O)(c2cccc(OC(F)F)c2)C(F)(F)F)cc1C. The Morgan fingerprint density at radius 2 is 1.87 bits per heavy atom. The number of hydrogen-bond donors (Lipinski definition) is 1. The van der Waals surface area contributed by atoms with Crippen molar-refractivity contribution in [2.24, 2.45) is 4.99 Å². The van der Waals surface area contributed by atoms with Crippen molar-refractivity contribution in [2.75, 3.05) is 20.7 Å². The van der Waals surface area contributed by atoms with Gasteiger partial charge in [-0.05, 0) is 37.6 Å². The van der Waals surface area contributed by atoms with Gasteiger partial charge in [0.25, 0.3) is 0 Å². The Kier molecular flexibility index (Phi) is 7.48. The van der Waals surface area contributed by atoms with Gasteiger partial charge in [-0.25, -0.2) is 4.99 Å². The minimum absolute atomic E-state index is 0.267. The number of ether oxygens (including phenoxy) is 2. The molecule has 170 valence electrons. The number of aryl methyl sites for hydroxylation is 1. The molecule has 0 bridgehead atoms. The highest BCUT2D eigenvalue weighted by atomic mass is 19.4. The van der Waals surface area contributed by atoms with Crippen molar-refractivity contribution in [2.45, 2.75) is 32.2 Å². The highest BCUT2D eigenvalue weighted by Crippen LogP contribution is 2.49. The van der Waals surface area contributed by atoms with E-state index < -0.39 is 35.3 Å². The van der Waals surface area contributed by atoms with Crippen LogP contribution in [-0.2, 0) is 5.60 Å². The maximum Gasteiger partial charge on any atom is 0.425 e. The molecule has 0 aliphatic heterocycles. The van der Waals surface area contributed by atoms with Crippen LogP contribution in [0.3, 0.4) is 0 Å².